The summed E-state index contributed by atoms with van der Waals surface area (Å²) in [7, 11) is 0. The molecule has 5 nitrogen and oxygen atoms in total. The van der Waals surface area contributed by atoms with Crippen molar-refractivity contribution < 1.29 is 9.21 Å². The zero-order valence-electron chi connectivity index (χ0n) is 17.7. The third-order valence-corrected chi connectivity index (χ3v) is 5.84. The normalized spacial score (nSPS) is 11.8. The van der Waals surface area contributed by atoms with E-state index in [1.54, 1.807) is 17.6 Å². The lowest BCUT2D eigenvalue weighted by atomic mass is 9.91. The summed E-state index contributed by atoms with van der Waals surface area (Å²) in [6.07, 6.45) is 5.02. The van der Waals surface area contributed by atoms with E-state index in [1.165, 1.54) is 0 Å². The third-order valence-electron chi connectivity index (χ3n) is 4.95. The lowest BCUT2D eigenvalue weighted by molar-refractivity contribution is -0.134. The van der Waals surface area contributed by atoms with E-state index in [4.69, 9.17) is 9.40 Å². The molecule has 0 unspecified atom stereocenters. The number of rotatable bonds is 7. The van der Waals surface area contributed by atoms with E-state index < -0.39 is 0 Å². The summed E-state index contributed by atoms with van der Waals surface area (Å²) in [5.41, 5.74) is 3.19. The maximum Gasteiger partial charge on any atom is 0.223 e. The largest absolute Gasteiger partial charge is 0.467 e. The fourth-order valence-corrected chi connectivity index (χ4v) is 4.36. The van der Waals surface area contributed by atoms with Gasteiger partial charge in [-0.05, 0) is 17.5 Å². The second-order valence-electron chi connectivity index (χ2n) is 8.75. The van der Waals surface area contributed by atoms with Crippen LogP contribution >= 0.6 is 11.3 Å². The van der Waals surface area contributed by atoms with Crippen LogP contribution in [0.3, 0.4) is 0 Å². The Hall–Kier alpha value is -2.86. The molecule has 0 bridgehead atoms. The summed E-state index contributed by atoms with van der Waals surface area (Å²) in [5.74, 6) is 0.961. The number of carbonyl (C=O) groups excluding carboxylic acids is 1. The Morgan fingerprint density at radius 1 is 1.17 bits per heavy atom. The summed E-state index contributed by atoms with van der Waals surface area (Å²) < 4.78 is 7.64. The van der Waals surface area contributed by atoms with Crippen LogP contribution in [0.5, 0.6) is 0 Å². The molecule has 0 aliphatic carbocycles. The van der Waals surface area contributed by atoms with Gasteiger partial charge in [0.2, 0.25) is 5.91 Å². The van der Waals surface area contributed by atoms with Crippen LogP contribution in [-0.4, -0.2) is 26.7 Å². The molecule has 0 atom stereocenters. The number of nitrogens with zero attached hydrogens (tertiary/aromatic N) is 3. The highest BCUT2D eigenvalue weighted by Crippen LogP contribution is 2.25. The predicted molar refractivity (Wildman–Crippen MR) is 120 cm³/mol. The molecule has 0 spiro atoms. The molecule has 3 aromatic heterocycles. The van der Waals surface area contributed by atoms with E-state index in [1.807, 2.05) is 35.2 Å². The van der Waals surface area contributed by atoms with Gasteiger partial charge in [-0.1, -0.05) is 51.1 Å². The molecule has 4 aromatic rings. The van der Waals surface area contributed by atoms with Gasteiger partial charge in [0.05, 0.1) is 18.5 Å². The molecular formula is C24H27N3O2S. The van der Waals surface area contributed by atoms with Crippen molar-refractivity contribution in [1.29, 1.82) is 0 Å². The van der Waals surface area contributed by atoms with Gasteiger partial charge in [0.15, 0.2) is 4.96 Å². The minimum absolute atomic E-state index is 0.0525. The number of fused-ring (bicyclic) bond motifs is 1. The van der Waals surface area contributed by atoms with Gasteiger partial charge in [0.25, 0.3) is 0 Å². The van der Waals surface area contributed by atoms with E-state index in [-0.39, 0.29) is 11.3 Å². The van der Waals surface area contributed by atoms with Crippen molar-refractivity contribution in [1.82, 2.24) is 14.3 Å². The number of imidazole rings is 1. The Kier molecular flexibility index (Phi) is 5.77. The zero-order chi connectivity index (χ0) is 21.1. The molecule has 0 saturated carbocycles. The fraction of sp³-hybridized carbons (Fsp3) is 0.333. The molecule has 0 radical (unpaired) electrons. The number of furan rings is 1. The highest BCUT2D eigenvalue weighted by atomic mass is 32.1. The average molecular weight is 422 g/mol. The molecule has 0 aliphatic heterocycles. The van der Waals surface area contributed by atoms with Gasteiger partial charge in [-0.15, -0.1) is 11.3 Å². The van der Waals surface area contributed by atoms with Crippen LogP contribution in [0, 0.1) is 5.41 Å². The van der Waals surface area contributed by atoms with Crippen LogP contribution in [0.15, 0.2) is 64.7 Å². The molecule has 6 heteroatoms. The van der Waals surface area contributed by atoms with E-state index in [0.29, 0.717) is 19.5 Å². The first kappa shape index (κ1) is 20.4. The minimum atomic E-state index is -0.0525. The van der Waals surface area contributed by atoms with Gasteiger partial charge in [0, 0.05) is 42.2 Å². The number of aromatic nitrogens is 2. The molecule has 0 aliphatic rings. The van der Waals surface area contributed by atoms with Crippen LogP contribution in [0.1, 0.15) is 38.6 Å². The van der Waals surface area contributed by atoms with E-state index in [2.05, 4.69) is 48.9 Å². The summed E-state index contributed by atoms with van der Waals surface area (Å²) >= 11 is 1.63. The van der Waals surface area contributed by atoms with Crippen molar-refractivity contribution in [3.8, 4) is 11.3 Å². The second-order valence-corrected chi connectivity index (χ2v) is 9.59. The first-order chi connectivity index (χ1) is 14.4. The summed E-state index contributed by atoms with van der Waals surface area (Å²) in [5, 5.41) is 2.14. The number of hydrogen-bond donors (Lipinski definition) is 0. The Morgan fingerprint density at radius 3 is 2.67 bits per heavy atom. The number of hydrogen-bond acceptors (Lipinski definition) is 4. The van der Waals surface area contributed by atoms with Crippen molar-refractivity contribution in [2.45, 2.75) is 40.2 Å². The van der Waals surface area contributed by atoms with Crippen molar-refractivity contribution >= 4 is 22.2 Å². The van der Waals surface area contributed by atoms with Crippen molar-refractivity contribution in [2.75, 3.05) is 6.54 Å². The van der Waals surface area contributed by atoms with Gasteiger partial charge in [-0.2, -0.15) is 0 Å². The smallest absolute Gasteiger partial charge is 0.223 e. The lowest BCUT2D eigenvalue weighted by Crippen LogP contribution is -2.34. The average Bonchev–Trinajstić information content (AvgIpc) is 3.42. The third kappa shape index (κ3) is 4.82. The topological polar surface area (TPSA) is 50.8 Å². The Bertz CT molecular complexity index is 1100. The first-order valence-corrected chi connectivity index (χ1v) is 11.1. The predicted octanol–water partition coefficient (Wildman–Crippen LogP) is 5.66. The SMILES string of the molecule is CC(C)(C)CC(=O)N(CCc1csc2nc(-c3ccccc3)cn12)Cc1ccco1. The van der Waals surface area contributed by atoms with Crippen molar-refractivity contribution in [2.24, 2.45) is 5.41 Å². The molecule has 0 saturated heterocycles. The molecule has 0 N–H and O–H groups in total. The number of amides is 1. The molecule has 156 valence electrons. The second kappa shape index (κ2) is 8.48. The summed E-state index contributed by atoms with van der Waals surface area (Å²) in [6, 6.07) is 14.0. The zero-order valence-corrected chi connectivity index (χ0v) is 18.5. The molecule has 3 heterocycles. The van der Waals surface area contributed by atoms with Gasteiger partial charge < -0.3 is 9.32 Å². The maximum absolute atomic E-state index is 13.0. The highest BCUT2D eigenvalue weighted by molar-refractivity contribution is 7.15. The van der Waals surface area contributed by atoms with Gasteiger partial charge in [-0.3, -0.25) is 9.20 Å². The van der Waals surface area contributed by atoms with Crippen LogP contribution in [-0.2, 0) is 17.8 Å². The molecule has 1 amide bonds. The maximum atomic E-state index is 13.0. The lowest BCUT2D eigenvalue weighted by Gasteiger charge is -2.26. The van der Waals surface area contributed by atoms with E-state index >= 15 is 0 Å². The van der Waals surface area contributed by atoms with Crippen LogP contribution in [0.4, 0.5) is 0 Å². The summed E-state index contributed by atoms with van der Waals surface area (Å²) in [6.45, 7) is 7.41. The Balaban J connectivity index is 1.52. The van der Waals surface area contributed by atoms with Crippen LogP contribution in [0.2, 0.25) is 0 Å². The highest BCUT2D eigenvalue weighted by Gasteiger charge is 2.22. The van der Waals surface area contributed by atoms with Crippen LogP contribution < -0.4 is 0 Å². The first-order valence-electron chi connectivity index (χ1n) is 10.2. The van der Waals surface area contributed by atoms with Gasteiger partial charge >= 0.3 is 0 Å². The molecular weight excluding hydrogens is 394 g/mol. The molecule has 1 aromatic carbocycles. The van der Waals surface area contributed by atoms with Crippen molar-refractivity contribution in [3.63, 3.8) is 0 Å². The standard InChI is InChI=1S/C24H27N3O2S/c1-24(2,3)14-22(28)26(15-20-10-7-13-29-20)12-11-19-17-30-23-25-21(16-27(19)23)18-8-5-4-6-9-18/h4-10,13,16-17H,11-12,14-15H2,1-3H3. The fourth-order valence-electron chi connectivity index (χ4n) is 3.45. The Labute approximate surface area is 181 Å². The Morgan fingerprint density at radius 2 is 1.97 bits per heavy atom. The number of carbonyl (C=O) groups is 1. The van der Waals surface area contributed by atoms with E-state index in [0.717, 1.165) is 34.1 Å². The monoisotopic (exact) mass is 421 g/mol. The number of benzene rings is 1. The van der Waals surface area contributed by atoms with E-state index in [9.17, 15) is 4.79 Å². The molecule has 4 rings (SSSR count). The van der Waals surface area contributed by atoms with Crippen LogP contribution in [0.25, 0.3) is 16.2 Å². The number of thiazole rings is 1. The van der Waals surface area contributed by atoms with Gasteiger partial charge in [0.1, 0.15) is 5.76 Å². The van der Waals surface area contributed by atoms with Gasteiger partial charge in [-0.25, -0.2) is 4.98 Å². The quantitative estimate of drug-likeness (QED) is 0.387. The van der Waals surface area contributed by atoms with Crippen molar-refractivity contribution in [3.05, 3.63) is 71.8 Å². The molecule has 0 fully saturated rings. The minimum Gasteiger partial charge on any atom is -0.467 e. The summed E-state index contributed by atoms with van der Waals surface area (Å²) in [4.78, 5) is 20.6. The molecule has 30 heavy (non-hydrogen) atoms.